The predicted octanol–water partition coefficient (Wildman–Crippen LogP) is 3.38. The molecule has 1 atom stereocenters. The molecular weight excluding hydrogens is 346 g/mol. The van der Waals surface area contributed by atoms with Crippen LogP contribution >= 0.6 is 0 Å². The number of esters is 1. The maximum atomic E-state index is 12.7. The molecule has 8 heteroatoms. The molecule has 1 aliphatic heterocycles. The minimum absolute atomic E-state index is 0.125. The molecule has 0 bridgehead atoms. The van der Waals surface area contributed by atoms with Gasteiger partial charge in [-0.3, -0.25) is 4.90 Å². The lowest BCUT2D eigenvalue weighted by Crippen LogP contribution is -2.48. The number of nitrogens with zero attached hydrogens (tertiary/aromatic N) is 1. The molecule has 1 N–H and O–H groups in total. The van der Waals surface area contributed by atoms with Crippen LogP contribution in [0.3, 0.4) is 0 Å². The second-order valence-corrected chi connectivity index (χ2v) is 5.42. The Bertz CT molecular complexity index is 734. The number of benzene rings is 1. The SMILES string of the molecule is C=CCN1C(=O)NC(c2ccccc2OC(F)F)C(C(=O)OCC)=C1C. The van der Waals surface area contributed by atoms with Crippen LogP contribution in [0.2, 0.25) is 0 Å². The Kier molecular flexibility index (Phi) is 6.32. The van der Waals surface area contributed by atoms with Crippen LogP contribution in [0.1, 0.15) is 25.5 Å². The van der Waals surface area contributed by atoms with E-state index in [1.54, 1.807) is 19.9 Å². The fraction of sp³-hybridized carbons (Fsp3) is 0.333. The number of alkyl halides is 2. The number of para-hydroxylation sites is 1. The van der Waals surface area contributed by atoms with Gasteiger partial charge >= 0.3 is 18.6 Å². The maximum absolute atomic E-state index is 12.7. The van der Waals surface area contributed by atoms with E-state index in [2.05, 4.69) is 16.6 Å². The lowest BCUT2D eigenvalue weighted by atomic mass is 9.94. The first kappa shape index (κ1) is 19.4. The number of rotatable bonds is 7. The molecule has 1 aliphatic rings. The first-order valence-corrected chi connectivity index (χ1v) is 8.01. The Morgan fingerprint density at radius 1 is 1.42 bits per heavy atom. The van der Waals surface area contributed by atoms with Crippen LogP contribution in [-0.4, -0.2) is 36.7 Å². The number of ether oxygens (including phenoxy) is 2. The van der Waals surface area contributed by atoms with E-state index in [0.717, 1.165) is 0 Å². The third-order valence-electron chi connectivity index (χ3n) is 3.85. The normalized spacial score (nSPS) is 17.2. The molecule has 6 nitrogen and oxygen atoms in total. The van der Waals surface area contributed by atoms with E-state index in [1.807, 2.05) is 0 Å². The van der Waals surface area contributed by atoms with Crippen molar-refractivity contribution in [2.45, 2.75) is 26.5 Å². The zero-order valence-corrected chi connectivity index (χ0v) is 14.5. The van der Waals surface area contributed by atoms with Crippen LogP contribution < -0.4 is 10.1 Å². The molecule has 2 rings (SSSR count). The first-order valence-electron chi connectivity index (χ1n) is 8.01. The summed E-state index contributed by atoms with van der Waals surface area (Å²) in [6.07, 6.45) is 1.51. The van der Waals surface area contributed by atoms with Gasteiger partial charge in [-0.05, 0) is 19.9 Å². The highest BCUT2D eigenvalue weighted by Gasteiger charge is 2.37. The number of hydrogen-bond donors (Lipinski definition) is 1. The van der Waals surface area contributed by atoms with E-state index in [4.69, 9.17) is 4.74 Å². The molecule has 26 heavy (non-hydrogen) atoms. The van der Waals surface area contributed by atoms with Crippen molar-refractivity contribution in [2.24, 2.45) is 0 Å². The minimum atomic E-state index is -3.04. The zero-order chi connectivity index (χ0) is 19.3. The standard InChI is InChI=1S/C18H20F2N2O4/c1-4-10-22-11(3)14(16(23)25-5-2)15(21-18(22)24)12-8-6-7-9-13(12)26-17(19)20/h4,6-9,15,17H,1,5,10H2,2-3H3,(H,21,24). The number of carbonyl (C=O) groups is 2. The van der Waals surface area contributed by atoms with Gasteiger partial charge < -0.3 is 14.8 Å². The molecule has 0 spiro atoms. The van der Waals surface area contributed by atoms with E-state index in [1.165, 1.54) is 29.2 Å². The zero-order valence-electron chi connectivity index (χ0n) is 14.5. The first-order chi connectivity index (χ1) is 12.4. The summed E-state index contributed by atoms with van der Waals surface area (Å²) in [6, 6.07) is 4.54. The van der Waals surface area contributed by atoms with Gasteiger partial charge in [-0.25, -0.2) is 9.59 Å². The summed E-state index contributed by atoms with van der Waals surface area (Å²) in [7, 11) is 0. The fourth-order valence-electron chi connectivity index (χ4n) is 2.76. The summed E-state index contributed by atoms with van der Waals surface area (Å²) in [4.78, 5) is 26.3. The topological polar surface area (TPSA) is 67.9 Å². The molecule has 0 aliphatic carbocycles. The molecule has 0 radical (unpaired) electrons. The van der Waals surface area contributed by atoms with Crippen LogP contribution in [0.25, 0.3) is 0 Å². The molecule has 140 valence electrons. The highest BCUT2D eigenvalue weighted by atomic mass is 19.3. The van der Waals surface area contributed by atoms with Crippen LogP contribution in [0.5, 0.6) is 5.75 Å². The molecule has 1 aromatic rings. The molecule has 1 unspecified atom stereocenters. The summed E-state index contributed by atoms with van der Waals surface area (Å²) in [6.45, 7) is 4.11. The molecule has 0 fully saturated rings. The Labute approximate surface area is 150 Å². The van der Waals surface area contributed by atoms with Crippen LogP contribution in [-0.2, 0) is 9.53 Å². The highest BCUT2D eigenvalue weighted by molar-refractivity contribution is 5.95. The average Bonchev–Trinajstić information content (AvgIpc) is 2.58. The minimum Gasteiger partial charge on any atom is -0.463 e. The highest BCUT2D eigenvalue weighted by Crippen LogP contribution is 2.36. The number of amides is 2. The van der Waals surface area contributed by atoms with Gasteiger partial charge in [0.05, 0.1) is 18.2 Å². The Hall–Kier alpha value is -2.90. The number of nitrogens with one attached hydrogen (secondary N) is 1. The van der Waals surface area contributed by atoms with E-state index < -0.39 is 24.7 Å². The van der Waals surface area contributed by atoms with Gasteiger partial charge in [-0.2, -0.15) is 8.78 Å². The summed E-state index contributed by atoms with van der Waals surface area (Å²) in [5, 5.41) is 2.66. The molecule has 0 saturated heterocycles. The Morgan fingerprint density at radius 2 is 2.12 bits per heavy atom. The van der Waals surface area contributed by atoms with Gasteiger partial charge in [0.2, 0.25) is 0 Å². The molecule has 1 aromatic carbocycles. The quantitative estimate of drug-likeness (QED) is 0.593. The largest absolute Gasteiger partial charge is 0.463 e. The van der Waals surface area contributed by atoms with Gasteiger partial charge in [0, 0.05) is 17.8 Å². The van der Waals surface area contributed by atoms with E-state index >= 15 is 0 Å². The van der Waals surface area contributed by atoms with Crippen molar-refractivity contribution in [1.29, 1.82) is 0 Å². The summed E-state index contributed by atoms with van der Waals surface area (Å²) in [5.41, 5.74) is 0.754. The van der Waals surface area contributed by atoms with Crippen molar-refractivity contribution in [3.63, 3.8) is 0 Å². The third-order valence-corrected chi connectivity index (χ3v) is 3.85. The summed E-state index contributed by atoms with van der Waals surface area (Å²) in [5.74, 6) is -0.768. The fourth-order valence-corrected chi connectivity index (χ4v) is 2.76. The second kappa shape index (κ2) is 8.46. The second-order valence-electron chi connectivity index (χ2n) is 5.42. The maximum Gasteiger partial charge on any atom is 0.387 e. The molecule has 1 heterocycles. The van der Waals surface area contributed by atoms with Crippen molar-refractivity contribution in [2.75, 3.05) is 13.2 Å². The van der Waals surface area contributed by atoms with Gasteiger partial charge in [-0.15, -0.1) is 6.58 Å². The number of hydrogen-bond acceptors (Lipinski definition) is 4. The summed E-state index contributed by atoms with van der Waals surface area (Å²) < 4.78 is 35.1. The van der Waals surface area contributed by atoms with Crippen molar-refractivity contribution < 1.29 is 27.8 Å². The molecule has 0 aromatic heterocycles. The lowest BCUT2D eigenvalue weighted by molar-refractivity contribution is -0.139. The number of carbonyl (C=O) groups excluding carboxylic acids is 2. The van der Waals surface area contributed by atoms with E-state index in [0.29, 0.717) is 5.70 Å². The smallest absolute Gasteiger partial charge is 0.387 e. The molecule has 2 amide bonds. The van der Waals surface area contributed by atoms with Gasteiger partial charge in [0.1, 0.15) is 5.75 Å². The number of halogens is 2. The van der Waals surface area contributed by atoms with Crippen LogP contribution in [0.15, 0.2) is 48.2 Å². The monoisotopic (exact) mass is 366 g/mol. The van der Waals surface area contributed by atoms with Crippen molar-refractivity contribution in [3.05, 3.63) is 53.8 Å². The third kappa shape index (κ3) is 4.01. The van der Waals surface area contributed by atoms with Crippen molar-refractivity contribution >= 4 is 12.0 Å². The Balaban J connectivity index is 2.57. The predicted molar refractivity (Wildman–Crippen MR) is 90.6 cm³/mol. The van der Waals surface area contributed by atoms with Crippen LogP contribution in [0, 0.1) is 0 Å². The lowest BCUT2D eigenvalue weighted by Gasteiger charge is -2.35. The van der Waals surface area contributed by atoms with Gasteiger partial charge in [0.25, 0.3) is 0 Å². The summed E-state index contributed by atoms with van der Waals surface area (Å²) >= 11 is 0. The number of urea groups is 1. The number of allylic oxidation sites excluding steroid dienone is 1. The van der Waals surface area contributed by atoms with E-state index in [9.17, 15) is 18.4 Å². The van der Waals surface area contributed by atoms with Gasteiger partial charge in [0.15, 0.2) is 0 Å². The van der Waals surface area contributed by atoms with Gasteiger partial charge in [-0.1, -0.05) is 24.3 Å². The average molecular weight is 366 g/mol. The molecule has 0 saturated carbocycles. The Morgan fingerprint density at radius 3 is 2.73 bits per heavy atom. The van der Waals surface area contributed by atoms with Crippen molar-refractivity contribution in [3.8, 4) is 5.75 Å². The van der Waals surface area contributed by atoms with Crippen molar-refractivity contribution in [1.82, 2.24) is 10.2 Å². The molecular formula is C18H20F2N2O4. The van der Waals surface area contributed by atoms with E-state index in [-0.39, 0.29) is 30.0 Å². The van der Waals surface area contributed by atoms with Crippen LogP contribution in [0.4, 0.5) is 13.6 Å².